The van der Waals surface area contributed by atoms with Crippen LogP contribution in [0, 0.1) is 5.92 Å². The van der Waals surface area contributed by atoms with Crippen molar-refractivity contribution < 1.29 is 0 Å². The molecule has 16 heavy (non-hydrogen) atoms. The smallest absolute Gasteiger partial charge is 0.0952 e. The van der Waals surface area contributed by atoms with Crippen molar-refractivity contribution in [2.75, 3.05) is 0 Å². The molecule has 0 aromatic carbocycles. The third-order valence-electron chi connectivity index (χ3n) is 2.99. The van der Waals surface area contributed by atoms with Crippen molar-refractivity contribution in [1.29, 1.82) is 0 Å². The van der Waals surface area contributed by atoms with Crippen molar-refractivity contribution in [2.24, 2.45) is 5.92 Å². The average molecular weight is 216 g/mol. The van der Waals surface area contributed by atoms with Gasteiger partial charge in [-0.3, -0.25) is 0 Å². The van der Waals surface area contributed by atoms with E-state index in [1.54, 1.807) is 0 Å². The molecule has 0 radical (unpaired) electrons. The Kier molecular flexibility index (Phi) is 3.28. The fourth-order valence-electron chi connectivity index (χ4n) is 2.04. The molecular weight excluding hydrogens is 196 g/mol. The van der Waals surface area contributed by atoms with E-state index in [9.17, 15) is 0 Å². The molecule has 1 aliphatic rings. The number of imidazole rings is 1. The second-order valence-corrected chi connectivity index (χ2v) is 5.02. The summed E-state index contributed by atoms with van der Waals surface area (Å²) in [5, 5.41) is 0. The van der Waals surface area contributed by atoms with E-state index in [-0.39, 0.29) is 0 Å². The molecule has 0 bridgehead atoms. The summed E-state index contributed by atoms with van der Waals surface area (Å²) in [6.07, 6.45) is 11.9. The standard InChI is InChI=1S/C14H20N2/c1-11(2)14-9-16(10-15-14)8-13-6-4-5-12(3)7-13/h4-6,9-12H,7-8H2,1-3H3. The van der Waals surface area contributed by atoms with Gasteiger partial charge < -0.3 is 4.57 Å². The molecule has 2 heteroatoms. The average Bonchev–Trinajstić information content (AvgIpc) is 2.66. The third kappa shape index (κ3) is 2.63. The van der Waals surface area contributed by atoms with Gasteiger partial charge in [0.15, 0.2) is 0 Å². The van der Waals surface area contributed by atoms with Crippen LogP contribution in [0.3, 0.4) is 0 Å². The molecule has 0 saturated carbocycles. The van der Waals surface area contributed by atoms with Crippen LogP contribution >= 0.6 is 0 Å². The lowest BCUT2D eigenvalue weighted by atomic mass is 9.96. The van der Waals surface area contributed by atoms with Crippen LogP contribution in [0.2, 0.25) is 0 Å². The van der Waals surface area contributed by atoms with Gasteiger partial charge in [0.1, 0.15) is 0 Å². The van der Waals surface area contributed by atoms with Gasteiger partial charge in [-0.1, -0.05) is 39.0 Å². The van der Waals surface area contributed by atoms with Gasteiger partial charge in [-0.05, 0) is 23.8 Å². The maximum absolute atomic E-state index is 4.42. The van der Waals surface area contributed by atoms with E-state index in [0.29, 0.717) is 11.8 Å². The van der Waals surface area contributed by atoms with Gasteiger partial charge in [-0.2, -0.15) is 0 Å². The lowest BCUT2D eigenvalue weighted by Crippen LogP contribution is -2.04. The number of allylic oxidation sites excluding steroid dienone is 4. The first-order chi connectivity index (χ1) is 7.65. The Morgan fingerprint density at radius 2 is 2.31 bits per heavy atom. The summed E-state index contributed by atoms with van der Waals surface area (Å²) in [6, 6.07) is 0. The zero-order chi connectivity index (χ0) is 11.5. The minimum atomic E-state index is 0.514. The maximum atomic E-state index is 4.42. The van der Waals surface area contributed by atoms with E-state index in [1.165, 1.54) is 17.7 Å². The maximum Gasteiger partial charge on any atom is 0.0952 e. The Morgan fingerprint density at radius 3 is 2.94 bits per heavy atom. The van der Waals surface area contributed by atoms with Crippen molar-refractivity contribution in [3.05, 3.63) is 42.0 Å². The summed E-state index contributed by atoms with van der Waals surface area (Å²) >= 11 is 0. The van der Waals surface area contributed by atoms with Gasteiger partial charge in [0.25, 0.3) is 0 Å². The molecule has 1 aromatic rings. The van der Waals surface area contributed by atoms with Crippen molar-refractivity contribution in [3.8, 4) is 0 Å². The molecule has 86 valence electrons. The van der Waals surface area contributed by atoms with E-state index in [0.717, 1.165) is 6.54 Å². The van der Waals surface area contributed by atoms with Gasteiger partial charge in [-0.25, -0.2) is 4.98 Å². The number of aromatic nitrogens is 2. The van der Waals surface area contributed by atoms with Crippen LogP contribution in [-0.4, -0.2) is 9.55 Å². The highest BCUT2D eigenvalue weighted by molar-refractivity contribution is 5.19. The minimum absolute atomic E-state index is 0.514. The lowest BCUT2D eigenvalue weighted by Gasteiger charge is -2.14. The molecule has 1 aliphatic carbocycles. The zero-order valence-electron chi connectivity index (χ0n) is 10.4. The highest BCUT2D eigenvalue weighted by atomic mass is 15.0. The quantitative estimate of drug-likeness (QED) is 0.755. The van der Waals surface area contributed by atoms with Gasteiger partial charge in [0.05, 0.1) is 12.0 Å². The molecular formula is C14H20N2. The summed E-state index contributed by atoms with van der Waals surface area (Å²) in [7, 11) is 0. The van der Waals surface area contributed by atoms with Crippen LogP contribution in [0.4, 0.5) is 0 Å². The number of nitrogens with zero attached hydrogens (tertiary/aromatic N) is 2. The molecule has 2 nitrogen and oxygen atoms in total. The monoisotopic (exact) mass is 216 g/mol. The summed E-state index contributed by atoms with van der Waals surface area (Å²) in [5.74, 6) is 1.19. The minimum Gasteiger partial charge on any atom is -0.333 e. The van der Waals surface area contributed by atoms with Gasteiger partial charge >= 0.3 is 0 Å². The fraction of sp³-hybridized carbons (Fsp3) is 0.500. The van der Waals surface area contributed by atoms with Crippen LogP contribution in [0.25, 0.3) is 0 Å². The Hall–Kier alpha value is -1.31. The lowest BCUT2D eigenvalue weighted by molar-refractivity contribution is 0.647. The summed E-state index contributed by atoms with van der Waals surface area (Å²) in [4.78, 5) is 4.42. The zero-order valence-corrected chi connectivity index (χ0v) is 10.4. The van der Waals surface area contributed by atoms with E-state index in [2.05, 4.69) is 54.7 Å². The highest BCUT2D eigenvalue weighted by Crippen LogP contribution is 2.20. The number of hydrogen-bond acceptors (Lipinski definition) is 1. The summed E-state index contributed by atoms with van der Waals surface area (Å²) in [6.45, 7) is 7.60. The molecule has 0 spiro atoms. The van der Waals surface area contributed by atoms with Crippen LogP contribution in [0.15, 0.2) is 36.3 Å². The predicted octanol–water partition coefficient (Wildman–Crippen LogP) is 3.53. The van der Waals surface area contributed by atoms with E-state index >= 15 is 0 Å². The van der Waals surface area contributed by atoms with Crippen LogP contribution in [-0.2, 0) is 6.54 Å². The Balaban J connectivity index is 2.04. The molecule has 1 atom stereocenters. The second-order valence-electron chi connectivity index (χ2n) is 5.02. The first-order valence-electron chi connectivity index (χ1n) is 6.03. The molecule has 0 fully saturated rings. The van der Waals surface area contributed by atoms with Crippen LogP contribution < -0.4 is 0 Å². The summed E-state index contributed by atoms with van der Waals surface area (Å²) in [5.41, 5.74) is 2.67. The molecule has 0 aliphatic heterocycles. The van der Waals surface area contributed by atoms with E-state index in [4.69, 9.17) is 0 Å². The van der Waals surface area contributed by atoms with Crippen molar-refractivity contribution in [2.45, 2.75) is 39.7 Å². The molecule has 2 rings (SSSR count). The Bertz CT molecular complexity index is 410. The van der Waals surface area contributed by atoms with Crippen molar-refractivity contribution in [3.63, 3.8) is 0 Å². The fourth-order valence-corrected chi connectivity index (χ4v) is 2.04. The highest BCUT2D eigenvalue weighted by Gasteiger charge is 2.08. The SMILES string of the molecule is CC1C=CC=C(Cn2cnc(C(C)C)c2)C1. The van der Waals surface area contributed by atoms with E-state index in [1.807, 2.05) is 6.33 Å². The summed E-state index contributed by atoms with van der Waals surface area (Å²) < 4.78 is 2.19. The third-order valence-corrected chi connectivity index (χ3v) is 2.99. The number of hydrogen-bond donors (Lipinski definition) is 0. The van der Waals surface area contributed by atoms with Crippen molar-refractivity contribution in [1.82, 2.24) is 9.55 Å². The first-order valence-corrected chi connectivity index (χ1v) is 6.03. The van der Waals surface area contributed by atoms with Gasteiger partial charge in [0.2, 0.25) is 0 Å². The Morgan fingerprint density at radius 1 is 1.50 bits per heavy atom. The van der Waals surface area contributed by atoms with Crippen LogP contribution in [0.1, 0.15) is 38.8 Å². The molecule has 1 aromatic heterocycles. The molecule has 0 N–H and O–H groups in total. The van der Waals surface area contributed by atoms with Crippen LogP contribution in [0.5, 0.6) is 0 Å². The largest absolute Gasteiger partial charge is 0.333 e. The molecule has 0 saturated heterocycles. The molecule has 1 unspecified atom stereocenters. The van der Waals surface area contributed by atoms with E-state index < -0.39 is 0 Å². The first kappa shape index (κ1) is 11.2. The van der Waals surface area contributed by atoms with Gasteiger partial charge in [0, 0.05) is 12.7 Å². The molecule has 1 heterocycles. The van der Waals surface area contributed by atoms with Gasteiger partial charge in [-0.15, -0.1) is 0 Å². The molecule has 0 amide bonds. The normalized spacial score (nSPS) is 20.2. The predicted molar refractivity (Wildman–Crippen MR) is 67.3 cm³/mol. The topological polar surface area (TPSA) is 17.8 Å². The Labute approximate surface area is 97.7 Å². The van der Waals surface area contributed by atoms with Crippen molar-refractivity contribution >= 4 is 0 Å². The number of rotatable bonds is 3. The second kappa shape index (κ2) is 4.69.